The Morgan fingerprint density at radius 1 is 0.759 bits per heavy atom. The van der Waals surface area contributed by atoms with Crippen LogP contribution in [0.25, 0.3) is 44.2 Å². The van der Waals surface area contributed by atoms with Crippen molar-refractivity contribution < 1.29 is 13.9 Å². The van der Waals surface area contributed by atoms with Crippen LogP contribution >= 0.6 is 0 Å². The largest absolute Gasteiger partial charge is 0.710 e. The smallest absolute Gasteiger partial charge is 0.334 e. The molecule has 0 saturated heterocycles. The molecule has 0 atom stereocenters. The molecule has 0 unspecified atom stereocenters. The van der Waals surface area contributed by atoms with E-state index < -0.39 is 5.82 Å². The Labute approximate surface area is 165 Å². The van der Waals surface area contributed by atoms with Gasteiger partial charge in [-0.15, -0.1) is 0 Å². The van der Waals surface area contributed by atoms with Crippen molar-refractivity contribution in [1.29, 1.82) is 0 Å². The van der Waals surface area contributed by atoms with Crippen LogP contribution in [0.4, 0.5) is 4.39 Å². The average Bonchev–Trinajstić information content (AvgIpc) is 2.73. The number of nitrogens with zero attached hydrogens (tertiary/aromatic N) is 3. The molecule has 0 bridgehead atoms. The van der Waals surface area contributed by atoms with Crippen molar-refractivity contribution >= 4 is 21.8 Å². The Kier molecular flexibility index (Phi) is 3.84. The van der Waals surface area contributed by atoms with Gasteiger partial charge in [-0.25, -0.2) is 9.12 Å². The van der Waals surface area contributed by atoms with Crippen LogP contribution in [0.2, 0.25) is 0 Å². The van der Waals surface area contributed by atoms with E-state index in [0.29, 0.717) is 21.4 Å². The zero-order valence-corrected chi connectivity index (χ0v) is 15.1. The lowest BCUT2D eigenvalue weighted by molar-refractivity contribution is -0.603. The van der Waals surface area contributed by atoms with Gasteiger partial charge in [-0.2, -0.15) is 4.73 Å². The molecule has 140 valence electrons. The fourth-order valence-electron chi connectivity index (χ4n) is 3.64. The zero-order valence-electron chi connectivity index (χ0n) is 15.1. The van der Waals surface area contributed by atoms with Crippen molar-refractivity contribution in [2.24, 2.45) is 0 Å². The molecule has 0 radical (unpaired) electrons. The van der Waals surface area contributed by atoms with E-state index >= 15 is 0 Å². The SMILES string of the molecule is [O-][n+]1ccc2c(-c3cc(-c4ccccc4F)nc4c3ccc[n+]4[O-])cccc2c1. The minimum Gasteiger partial charge on any atom is -0.710 e. The van der Waals surface area contributed by atoms with E-state index in [1.54, 1.807) is 36.4 Å². The van der Waals surface area contributed by atoms with E-state index in [-0.39, 0.29) is 5.65 Å². The summed E-state index contributed by atoms with van der Waals surface area (Å²) in [7, 11) is 0. The molecule has 0 aliphatic heterocycles. The highest BCUT2D eigenvalue weighted by atomic mass is 19.1. The summed E-state index contributed by atoms with van der Waals surface area (Å²) in [5.41, 5.74) is 2.47. The molecular weight excluding hydrogens is 369 g/mol. The Bertz CT molecular complexity index is 1400. The van der Waals surface area contributed by atoms with Crippen LogP contribution < -0.4 is 9.46 Å². The van der Waals surface area contributed by atoms with Gasteiger partial charge in [-0.05, 0) is 46.9 Å². The van der Waals surface area contributed by atoms with E-state index in [9.17, 15) is 14.8 Å². The normalized spacial score (nSPS) is 11.2. The molecule has 6 heteroatoms. The van der Waals surface area contributed by atoms with Gasteiger partial charge >= 0.3 is 5.65 Å². The molecule has 0 aliphatic carbocycles. The van der Waals surface area contributed by atoms with Crippen LogP contribution in [-0.4, -0.2) is 4.98 Å². The maximum absolute atomic E-state index is 14.4. The lowest BCUT2D eigenvalue weighted by atomic mass is 9.95. The van der Waals surface area contributed by atoms with Gasteiger partial charge in [-0.3, -0.25) is 0 Å². The van der Waals surface area contributed by atoms with Gasteiger partial charge in [0.2, 0.25) is 0 Å². The first-order valence-electron chi connectivity index (χ1n) is 9.01. The monoisotopic (exact) mass is 383 g/mol. The highest BCUT2D eigenvalue weighted by Crippen LogP contribution is 2.35. The molecule has 5 rings (SSSR count). The summed E-state index contributed by atoms with van der Waals surface area (Å²) < 4.78 is 15.9. The Morgan fingerprint density at radius 3 is 2.45 bits per heavy atom. The first-order valence-corrected chi connectivity index (χ1v) is 9.01. The standard InChI is InChI=1S/C23H14FN3O2/c24-21-9-2-1-6-19(21)22-13-20(18-8-4-11-27(29)23(18)25-22)17-7-3-5-15-14-26(28)12-10-16(15)17/h1-14H. The van der Waals surface area contributed by atoms with Crippen molar-refractivity contribution in [1.82, 2.24) is 4.98 Å². The average molecular weight is 383 g/mol. The summed E-state index contributed by atoms with van der Waals surface area (Å²) in [4.78, 5) is 4.44. The van der Waals surface area contributed by atoms with Gasteiger partial charge in [0.1, 0.15) is 5.82 Å². The Morgan fingerprint density at radius 2 is 1.59 bits per heavy atom. The molecule has 5 nitrogen and oxygen atoms in total. The van der Waals surface area contributed by atoms with E-state index in [4.69, 9.17) is 0 Å². The highest BCUT2D eigenvalue weighted by Gasteiger charge is 2.20. The van der Waals surface area contributed by atoms with Crippen LogP contribution in [0.15, 0.2) is 85.3 Å². The zero-order chi connectivity index (χ0) is 20.0. The van der Waals surface area contributed by atoms with Crippen molar-refractivity contribution in [3.8, 4) is 22.4 Å². The molecule has 0 saturated carbocycles. The van der Waals surface area contributed by atoms with Gasteiger partial charge in [0.25, 0.3) is 0 Å². The van der Waals surface area contributed by atoms with Gasteiger partial charge in [0.05, 0.1) is 17.1 Å². The third-order valence-electron chi connectivity index (χ3n) is 4.97. The maximum atomic E-state index is 14.4. The quantitative estimate of drug-likeness (QED) is 0.340. The van der Waals surface area contributed by atoms with Crippen LogP contribution in [0.5, 0.6) is 0 Å². The number of pyridine rings is 3. The van der Waals surface area contributed by atoms with E-state index in [1.165, 1.54) is 24.7 Å². The topological polar surface area (TPSA) is 66.8 Å². The molecule has 3 heterocycles. The van der Waals surface area contributed by atoms with Gasteiger partial charge in [-0.1, -0.05) is 24.3 Å². The van der Waals surface area contributed by atoms with Crippen molar-refractivity contribution in [3.63, 3.8) is 0 Å². The Hall–Kier alpha value is -4.06. The van der Waals surface area contributed by atoms with Crippen molar-refractivity contribution in [3.05, 3.63) is 102 Å². The van der Waals surface area contributed by atoms with Crippen LogP contribution in [0.3, 0.4) is 0 Å². The number of aromatic nitrogens is 3. The lowest BCUT2D eigenvalue weighted by Crippen LogP contribution is -2.27. The van der Waals surface area contributed by atoms with E-state index in [2.05, 4.69) is 4.98 Å². The summed E-state index contributed by atoms with van der Waals surface area (Å²) in [5, 5.41) is 26.4. The molecule has 0 N–H and O–H groups in total. The third kappa shape index (κ3) is 2.82. The van der Waals surface area contributed by atoms with Crippen molar-refractivity contribution in [2.45, 2.75) is 0 Å². The number of hydrogen-bond acceptors (Lipinski definition) is 3. The van der Waals surface area contributed by atoms with E-state index in [0.717, 1.165) is 26.6 Å². The van der Waals surface area contributed by atoms with Gasteiger partial charge in [0.15, 0.2) is 18.1 Å². The summed E-state index contributed by atoms with van der Waals surface area (Å²) in [6, 6.07) is 18.9. The predicted molar refractivity (Wildman–Crippen MR) is 108 cm³/mol. The van der Waals surface area contributed by atoms with Crippen LogP contribution in [-0.2, 0) is 0 Å². The second-order valence-corrected chi connectivity index (χ2v) is 6.72. The van der Waals surface area contributed by atoms with Crippen LogP contribution in [0.1, 0.15) is 0 Å². The number of fused-ring (bicyclic) bond motifs is 2. The molecule has 0 spiro atoms. The van der Waals surface area contributed by atoms with E-state index in [1.807, 2.05) is 24.3 Å². The maximum Gasteiger partial charge on any atom is 0.334 e. The molecular formula is C23H14FN3O2. The molecule has 2 aromatic carbocycles. The second kappa shape index (κ2) is 6.53. The molecule has 5 aromatic rings. The highest BCUT2D eigenvalue weighted by molar-refractivity contribution is 6.03. The van der Waals surface area contributed by atoms with Gasteiger partial charge in [0, 0.05) is 22.4 Å². The third-order valence-corrected chi connectivity index (χ3v) is 4.97. The predicted octanol–water partition coefficient (Wildman–Crippen LogP) is 4.13. The molecule has 0 aliphatic rings. The number of benzene rings is 2. The first kappa shape index (κ1) is 17.1. The summed E-state index contributed by atoms with van der Waals surface area (Å²) in [6.07, 6.45) is 4.29. The second-order valence-electron chi connectivity index (χ2n) is 6.72. The number of rotatable bonds is 2. The van der Waals surface area contributed by atoms with Crippen molar-refractivity contribution in [2.75, 3.05) is 0 Å². The number of halogens is 1. The lowest BCUT2D eigenvalue weighted by Gasteiger charge is -2.11. The summed E-state index contributed by atoms with van der Waals surface area (Å²) in [5.74, 6) is -0.413. The van der Waals surface area contributed by atoms with Gasteiger partial charge < -0.3 is 10.4 Å². The number of hydrogen-bond donors (Lipinski definition) is 0. The molecule has 29 heavy (non-hydrogen) atoms. The Balaban J connectivity index is 1.89. The molecule has 0 amide bonds. The molecule has 0 fully saturated rings. The minimum absolute atomic E-state index is 0.204. The molecule has 3 aromatic heterocycles. The minimum atomic E-state index is -0.413. The first-order chi connectivity index (χ1) is 14.1. The fourth-order valence-corrected chi connectivity index (χ4v) is 3.64. The van der Waals surface area contributed by atoms with Crippen LogP contribution in [0, 0.1) is 16.2 Å². The summed E-state index contributed by atoms with van der Waals surface area (Å²) >= 11 is 0. The summed E-state index contributed by atoms with van der Waals surface area (Å²) in [6.45, 7) is 0. The fraction of sp³-hybridized carbons (Fsp3) is 0.